The minimum absolute atomic E-state index is 0. The van der Waals surface area contributed by atoms with Gasteiger partial charge in [-0.25, -0.2) is 0 Å². The SMILES string of the molecule is Cl.Cl.N=C(N)SCc1ccccn1. The number of hydrogen-bond donors (Lipinski definition) is 2. The number of thioether (sulfide) groups is 1. The summed E-state index contributed by atoms with van der Waals surface area (Å²) in [5.41, 5.74) is 6.11. The van der Waals surface area contributed by atoms with Crippen LogP contribution >= 0.6 is 36.6 Å². The molecule has 0 saturated heterocycles. The molecule has 0 aliphatic rings. The molecule has 6 heteroatoms. The maximum absolute atomic E-state index is 6.96. The van der Waals surface area contributed by atoms with Gasteiger partial charge in [-0.15, -0.1) is 24.8 Å². The molecule has 1 rings (SSSR count). The van der Waals surface area contributed by atoms with E-state index in [-0.39, 0.29) is 30.0 Å². The van der Waals surface area contributed by atoms with Crippen molar-refractivity contribution in [2.24, 2.45) is 5.73 Å². The molecule has 1 aromatic heterocycles. The van der Waals surface area contributed by atoms with Crippen LogP contribution in [0.2, 0.25) is 0 Å². The zero-order valence-corrected chi connectivity index (χ0v) is 9.22. The van der Waals surface area contributed by atoms with Crippen molar-refractivity contribution >= 4 is 41.7 Å². The molecule has 0 amide bonds. The average molecular weight is 240 g/mol. The zero-order chi connectivity index (χ0) is 8.10. The summed E-state index contributed by atoms with van der Waals surface area (Å²) in [4.78, 5) is 4.08. The molecule has 0 unspecified atom stereocenters. The maximum atomic E-state index is 6.96. The normalized spacial score (nSPS) is 8.00. The third kappa shape index (κ3) is 6.69. The quantitative estimate of drug-likeness (QED) is 0.614. The van der Waals surface area contributed by atoms with Gasteiger partial charge in [0.2, 0.25) is 0 Å². The van der Waals surface area contributed by atoms with Gasteiger partial charge in [0.1, 0.15) is 0 Å². The van der Waals surface area contributed by atoms with Crippen molar-refractivity contribution < 1.29 is 0 Å². The van der Waals surface area contributed by atoms with E-state index in [9.17, 15) is 0 Å². The van der Waals surface area contributed by atoms with Gasteiger partial charge in [0.05, 0.1) is 5.69 Å². The van der Waals surface area contributed by atoms with Gasteiger partial charge < -0.3 is 5.73 Å². The van der Waals surface area contributed by atoms with Crippen LogP contribution in [0.1, 0.15) is 5.69 Å². The van der Waals surface area contributed by atoms with Gasteiger partial charge in [0, 0.05) is 11.9 Å². The minimum Gasteiger partial charge on any atom is -0.379 e. The van der Waals surface area contributed by atoms with Crippen LogP contribution in [-0.2, 0) is 5.75 Å². The third-order valence-electron chi connectivity index (χ3n) is 1.10. The van der Waals surface area contributed by atoms with E-state index in [0.29, 0.717) is 5.75 Å². The largest absolute Gasteiger partial charge is 0.379 e. The Balaban J connectivity index is 0. The highest BCUT2D eigenvalue weighted by Crippen LogP contribution is 2.07. The second kappa shape index (κ2) is 8.16. The Bertz CT molecular complexity index is 243. The first-order valence-electron chi connectivity index (χ1n) is 3.16. The molecule has 0 radical (unpaired) electrons. The molecule has 0 saturated carbocycles. The van der Waals surface area contributed by atoms with Crippen molar-refractivity contribution in [3.8, 4) is 0 Å². The molecule has 0 fully saturated rings. The molecular formula is C7H11Cl2N3S. The molecule has 0 bridgehead atoms. The summed E-state index contributed by atoms with van der Waals surface area (Å²) < 4.78 is 0. The highest BCUT2D eigenvalue weighted by atomic mass is 35.5. The van der Waals surface area contributed by atoms with Crippen LogP contribution in [0, 0.1) is 5.41 Å². The molecule has 1 heterocycles. The van der Waals surface area contributed by atoms with Crippen molar-refractivity contribution in [3.63, 3.8) is 0 Å². The number of nitrogens with one attached hydrogen (secondary N) is 1. The van der Waals surface area contributed by atoms with E-state index in [4.69, 9.17) is 11.1 Å². The number of amidine groups is 1. The Morgan fingerprint density at radius 2 is 2.15 bits per heavy atom. The van der Waals surface area contributed by atoms with Gasteiger partial charge in [-0.05, 0) is 12.1 Å². The van der Waals surface area contributed by atoms with Gasteiger partial charge >= 0.3 is 0 Å². The fraction of sp³-hybridized carbons (Fsp3) is 0.143. The molecule has 0 aliphatic heterocycles. The number of nitrogens with zero attached hydrogens (tertiary/aromatic N) is 1. The van der Waals surface area contributed by atoms with E-state index < -0.39 is 0 Å². The zero-order valence-electron chi connectivity index (χ0n) is 6.77. The predicted octanol–water partition coefficient (Wildman–Crippen LogP) is 2.05. The second-order valence-corrected chi connectivity index (χ2v) is 2.99. The summed E-state index contributed by atoms with van der Waals surface area (Å²) in [5, 5.41) is 7.09. The molecule has 3 N–H and O–H groups in total. The highest BCUT2D eigenvalue weighted by Gasteiger charge is 1.93. The standard InChI is InChI=1S/C7H9N3S.2ClH/c8-7(9)11-5-6-3-1-2-4-10-6;;/h1-4H,5H2,(H3,8,9);2*1H. The monoisotopic (exact) mass is 239 g/mol. The molecule has 0 aromatic carbocycles. The maximum Gasteiger partial charge on any atom is 0.151 e. The molecule has 3 nitrogen and oxygen atoms in total. The summed E-state index contributed by atoms with van der Waals surface area (Å²) in [7, 11) is 0. The predicted molar refractivity (Wildman–Crippen MR) is 61.9 cm³/mol. The van der Waals surface area contributed by atoms with E-state index in [1.165, 1.54) is 11.8 Å². The summed E-state index contributed by atoms with van der Waals surface area (Å²) in [5.74, 6) is 0.677. The minimum atomic E-state index is 0. The Morgan fingerprint density at radius 1 is 1.46 bits per heavy atom. The van der Waals surface area contributed by atoms with Crippen LogP contribution in [0.5, 0.6) is 0 Å². The van der Waals surface area contributed by atoms with Gasteiger partial charge in [0.15, 0.2) is 5.17 Å². The lowest BCUT2D eigenvalue weighted by Crippen LogP contribution is -2.04. The lowest BCUT2D eigenvalue weighted by molar-refractivity contribution is 1.18. The fourth-order valence-electron chi connectivity index (χ4n) is 0.635. The van der Waals surface area contributed by atoms with Crippen molar-refractivity contribution in [1.82, 2.24) is 4.98 Å². The number of rotatable bonds is 2. The summed E-state index contributed by atoms with van der Waals surface area (Å²) in [6.07, 6.45) is 1.73. The van der Waals surface area contributed by atoms with Gasteiger partial charge in [-0.1, -0.05) is 17.8 Å². The van der Waals surface area contributed by atoms with E-state index in [2.05, 4.69) is 4.98 Å². The number of aromatic nitrogens is 1. The Hall–Kier alpha value is -0.450. The second-order valence-electron chi connectivity index (χ2n) is 1.97. The van der Waals surface area contributed by atoms with Gasteiger partial charge in [-0.2, -0.15) is 0 Å². The van der Waals surface area contributed by atoms with Crippen LogP contribution in [0.3, 0.4) is 0 Å². The van der Waals surface area contributed by atoms with Crippen LogP contribution in [0.25, 0.3) is 0 Å². The molecule has 0 atom stereocenters. The first-order valence-corrected chi connectivity index (χ1v) is 4.14. The topological polar surface area (TPSA) is 62.8 Å². The number of halogens is 2. The molecule has 1 aromatic rings. The molecule has 74 valence electrons. The van der Waals surface area contributed by atoms with Crippen LogP contribution in [0.4, 0.5) is 0 Å². The van der Waals surface area contributed by atoms with Crippen molar-refractivity contribution in [3.05, 3.63) is 30.1 Å². The van der Waals surface area contributed by atoms with Crippen LogP contribution < -0.4 is 5.73 Å². The lowest BCUT2D eigenvalue weighted by Gasteiger charge is -1.96. The lowest BCUT2D eigenvalue weighted by atomic mass is 10.4. The molecular weight excluding hydrogens is 229 g/mol. The number of nitrogens with two attached hydrogens (primary N) is 1. The van der Waals surface area contributed by atoms with Gasteiger partial charge in [-0.3, -0.25) is 10.4 Å². The first kappa shape index (κ1) is 15.0. The molecule has 0 spiro atoms. The highest BCUT2D eigenvalue weighted by molar-refractivity contribution is 8.13. The van der Waals surface area contributed by atoms with Crippen molar-refractivity contribution in [1.29, 1.82) is 5.41 Å². The van der Waals surface area contributed by atoms with E-state index in [0.717, 1.165) is 5.69 Å². The fourth-order valence-corrected chi connectivity index (χ4v) is 1.11. The van der Waals surface area contributed by atoms with Crippen molar-refractivity contribution in [2.75, 3.05) is 0 Å². The van der Waals surface area contributed by atoms with Gasteiger partial charge in [0.25, 0.3) is 0 Å². The Morgan fingerprint density at radius 3 is 2.62 bits per heavy atom. The summed E-state index contributed by atoms with van der Waals surface area (Å²) in [6, 6.07) is 5.70. The third-order valence-corrected chi connectivity index (χ3v) is 1.85. The summed E-state index contributed by atoms with van der Waals surface area (Å²) in [6.45, 7) is 0. The van der Waals surface area contributed by atoms with E-state index >= 15 is 0 Å². The smallest absolute Gasteiger partial charge is 0.151 e. The number of pyridine rings is 1. The van der Waals surface area contributed by atoms with E-state index in [1.54, 1.807) is 6.20 Å². The molecule has 13 heavy (non-hydrogen) atoms. The Kier molecular flexibility index (Phi) is 9.44. The molecule has 0 aliphatic carbocycles. The summed E-state index contributed by atoms with van der Waals surface area (Å²) >= 11 is 1.28. The Labute approximate surface area is 93.8 Å². The van der Waals surface area contributed by atoms with Crippen LogP contribution in [-0.4, -0.2) is 10.2 Å². The van der Waals surface area contributed by atoms with Crippen LogP contribution in [0.15, 0.2) is 24.4 Å². The number of hydrogen-bond acceptors (Lipinski definition) is 3. The average Bonchev–Trinajstić information content (AvgIpc) is 2.03. The van der Waals surface area contributed by atoms with E-state index in [1.807, 2.05) is 18.2 Å². The van der Waals surface area contributed by atoms with Crippen molar-refractivity contribution in [2.45, 2.75) is 5.75 Å². The first-order chi connectivity index (χ1) is 5.29.